The van der Waals surface area contributed by atoms with E-state index in [-0.39, 0.29) is 5.91 Å². The average molecular weight is 154 g/mol. The van der Waals surface area contributed by atoms with E-state index >= 15 is 0 Å². The third kappa shape index (κ3) is 3.18. The van der Waals surface area contributed by atoms with Gasteiger partial charge in [-0.05, 0) is 32.0 Å². The monoisotopic (exact) mass is 154 g/mol. The predicted octanol–water partition coefficient (Wildman–Crippen LogP) is 0.124. The zero-order valence-electron chi connectivity index (χ0n) is 6.62. The molecule has 0 bridgehead atoms. The van der Waals surface area contributed by atoms with Crippen LogP contribution in [0.3, 0.4) is 0 Å². The molecule has 0 aromatic heterocycles. The maximum absolute atomic E-state index is 10.3. The van der Waals surface area contributed by atoms with Crippen molar-refractivity contribution in [1.29, 1.82) is 0 Å². The molecule has 1 aliphatic rings. The first-order chi connectivity index (χ1) is 5.29. The largest absolute Gasteiger partial charge is 0.366 e. The zero-order valence-corrected chi connectivity index (χ0v) is 6.62. The third-order valence-corrected chi connectivity index (χ3v) is 1.84. The van der Waals surface area contributed by atoms with Gasteiger partial charge >= 0.3 is 0 Å². The lowest BCUT2D eigenvalue weighted by molar-refractivity contribution is -0.113. The Morgan fingerprint density at radius 3 is 2.64 bits per heavy atom. The Hall–Kier alpha value is -0.830. The van der Waals surface area contributed by atoms with E-state index in [0.29, 0.717) is 0 Å². The van der Waals surface area contributed by atoms with Gasteiger partial charge < -0.3 is 5.73 Å². The summed E-state index contributed by atoms with van der Waals surface area (Å²) >= 11 is 0. The minimum atomic E-state index is -0.357. The van der Waals surface area contributed by atoms with E-state index in [4.69, 9.17) is 5.73 Å². The fourth-order valence-corrected chi connectivity index (χ4v) is 1.28. The summed E-state index contributed by atoms with van der Waals surface area (Å²) in [4.78, 5) is 12.6. The highest BCUT2D eigenvalue weighted by molar-refractivity contribution is 5.85. The number of nitrogens with two attached hydrogens (primary N) is 1. The molecule has 0 radical (unpaired) electrons. The van der Waals surface area contributed by atoms with E-state index in [1.807, 2.05) is 6.08 Å². The van der Waals surface area contributed by atoms with Gasteiger partial charge in [0.15, 0.2) is 0 Å². The predicted molar refractivity (Wildman–Crippen MR) is 44.0 cm³/mol. The summed E-state index contributed by atoms with van der Waals surface area (Å²) in [5.41, 5.74) is 4.93. The summed E-state index contributed by atoms with van der Waals surface area (Å²) in [6.07, 6.45) is 5.82. The Bertz CT molecular complexity index is 159. The molecule has 1 rings (SSSR count). The van der Waals surface area contributed by atoms with Crippen molar-refractivity contribution in [2.24, 2.45) is 5.73 Å². The van der Waals surface area contributed by atoms with Crippen LogP contribution in [0.1, 0.15) is 12.8 Å². The second-order valence-electron chi connectivity index (χ2n) is 2.81. The van der Waals surface area contributed by atoms with Crippen molar-refractivity contribution in [3.05, 3.63) is 12.2 Å². The van der Waals surface area contributed by atoms with Gasteiger partial charge in [0.2, 0.25) is 5.91 Å². The molecule has 0 aliphatic carbocycles. The Kier molecular flexibility index (Phi) is 3.11. The number of hydrogen-bond donors (Lipinski definition) is 1. The van der Waals surface area contributed by atoms with Crippen molar-refractivity contribution >= 4 is 5.91 Å². The molecular formula is C8H14N2O. The molecule has 3 heteroatoms. The average Bonchev–Trinajstić information content (AvgIpc) is 2.39. The first kappa shape index (κ1) is 8.27. The summed E-state index contributed by atoms with van der Waals surface area (Å²) in [7, 11) is 0. The minimum Gasteiger partial charge on any atom is -0.366 e. The van der Waals surface area contributed by atoms with Crippen molar-refractivity contribution in [3.8, 4) is 0 Å². The van der Waals surface area contributed by atoms with Crippen LogP contribution in [-0.4, -0.2) is 30.4 Å². The summed E-state index contributed by atoms with van der Waals surface area (Å²) in [5.74, 6) is -0.357. The number of rotatable bonds is 3. The Labute approximate surface area is 66.9 Å². The molecule has 1 heterocycles. The lowest BCUT2D eigenvalue weighted by Gasteiger charge is -2.09. The molecule has 11 heavy (non-hydrogen) atoms. The number of nitrogens with zero attached hydrogens (tertiary/aromatic N) is 1. The van der Waals surface area contributed by atoms with Crippen LogP contribution >= 0.6 is 0 Å². The fourth-order valence-electron chi connectivity index (χ4n) is 1.28. The van der Waals surface area contributed by atoms with Crippen molar-refractivity contribution in [2.45, 2.75) is 12.8 Å². The molecule has 2 N–H and O–H groups in total. The molecule has 1 aliphatic heterocycles. The lowest BCUT2D eigenvalue weighted by atomic mass is 10.4. The second-order valence-corrected chi connectivity index (χ2v) is 2.81. The molecule has 0 unspecified atom stereocenters. The molecule has 1 fully saturated rings. The molecule has 0 saturated carbocycles. The second kappa shape index (κ2) is 4.13. The smallest absolute Gasteiger partial charge is 0.241 e. The van der Waals surface area contributed by atoms with Crippen LogP contribution < -0.4 is 5.73 Å². The molecule has 0 spiro atoms. The standard InChI is InChI=1S/C8H14N2O/c9-8(11)4-3-7-10-5-1-2-6-10/h3-4H,1-2,5-7H2,(H2,9,11)/b4-3+. The van der Waals surface area contributed by atoms with Gasteiger partial charge in [-0.1, -0.05) is 6.08 Å². The normalized spacial score (nSPS) is 19.6. The van der Waals surface area contributed by atoms with Gasteiger partial charge in [-0.25, -0.2) is 0 Å². The topological polar surface area (TPSA) is 46.3 Å². The first-order valence-electron chi connectivity index (χ1n) is 3.97. The fraction of sp³-hybridized carbons (Fsp3) is 0.625. The maximum atomic E-state index is 10.3. The molecule has 0 atom stereocenters. The molecule has 3 nitrogen and oxygen atoms in total. The molecule has 0 aromatic rings. The number of amides is 1. The summed E-state index contributed by atoms with van der Waals surface area (Å²) in [6, 6.07) is 0. The molecule has 1 amide bonds. The summed E-state index contributed by atoms with van der Waals surface area (Å²) in [6.45, 7) is 3.18. The van der Waals surface area contributed by atoms with Crippen molar-refractivity contribution < 1.29 is 4.79 Å². The van der Waals surface area contributed by atoms with E-state index in [2.05, 4.69) is 4.90 Å². The van der Waals surface area contributed by atoms with E-state index in [1.54, 1.807) is 0 Å². The van der Waals surface area contributed by atoms with Gasteiger partial charge in [-0.3, -0.25) is 9.69 Å². The quantitative estimate of drug-likeness (QED) is 0.587. The highest BCUT2D eigenvalue weighted by Gasteiger charge is 2.08. The summed E-state index contributed by atoms with van der Waals surface area (Å²) in [5, 5.41) is 0. The number of hydrogen-bond acceptors (Lipinski definition) is 2. The highest BCUT2D eigenvalue weighted by atomic mass is 16.1. The van der Waals surface area contributed by atoms with Crippen LogP contribution in [0, 0.1) is 0 Å². The van der Waals surface area contributed by atoms with Gasteiger partial charge in [-0.2, -0.15) is 0 Å². The van der Waals surface area contributed by atoms with Gasteiger partial charge in [0.25, 0.3) is 0 Å². The highest BCUT2D eigenvalue weighted by Crippen LogP contribution is 2.05. The van der Waals surface area contributed by atoms with Crippen LogP contribution in [0.4, 0.5) is 0 Å². The molecular weight excluding hydrogens is 140 g/mol. The number of carbonyl (C=O) groups is 1. The molecule has 0 aromatic carbocycles. The Balaban J connectivity index is 2.15. The van der Waals surface area contributed by atoms with Crippen LogP contribution in [0.25, 0.3) is 0 Å². The molecule has 62 valence electrons. The zero-order chi connectivity index (χ0) is 8.10. The maximum Gasteiger partial charge on any atom is 0.241 e. The van der Waals surface area contributed by atoms with Gasteiger partial charge in [0.05, 0.1) is 0 Å². The molecule has 1 saturated heterocycles. The van der Waals surface area contributed by atoms with E-state index in [0.717, 1.165) is 19.6 Å². The minimum absolute atomic E-state index is 0.357. The summed E-state index contributed by atoms with van der Waals surface area (Å²) < 4.78 is 0. The van der Waals surface area contributed by atoms with E-state index < -0.39 is 0 Å². The van der Waals surface area contributed by atoms with Crippen molar-refractivity contribution in [2.75, 3.05) is 19.6 Å². The van der Waals surface area contributed by atoms with Gasteiger partial charge in [-0.15, -0.1) is 0 Å². The number of primary amides is 1. The third-order valence-electron chi connectivity index (χ3n) is 1.84. The van der Waals surface area contributed by atoms with Crippen molar-refractivity contribution in [3.63, 3.8) is 0 Å². The van der Waals surface area contributed by atoms with Gasteiger partial charge in [0.1, 0.15) is 0 Å². The Morgan fingerprint density at radius 2 is 2.09 bits per heavy atom. The number of likely N-dealkylation sites (tertiary alicyclic amines) is 1. The van der Waals surface area contributed by atoms with Gasteiger partial charge in [0, 0.05) is 6.54 Å². The van der Waals surface area contributed by atoms with Crippen LogP contribution in [0.2, 0.25) is 0 Å². The lowest BCUT2D eigenvalue weighted by Crippen LogP contribution is -2.19. The van der Waals surface area contributed by atoms with Crippen LogP contribution in [-0.2, 0) is 4.79 Å². The Morgan fingerprint density at radius 1 is 1.45 bits per heavy atom. The first-order valence-corrected chi connectivity index (χ1v) is 3.97. The van der Waals surface area contributed by atoms with Crippen molar-refractivity contribution in [1.82, 2.24) is 4.90 Å². The van der Waals surface area contributed by atoms with E-state index in [9.17, 15) is 4.79 Å². The van der Waals surface area contributed by atoms with Crippen LogP contribution in [0.5, 0.6) is 0 Å². The van der Waals surface area contributed by atoms with Crippen LogP contribution in [0.15, 0.2) is 12.2 Å². The SMILES string of the molecule is NC(=O)/C=C/CN1CCCC1. The van der Waals surface area contributed by atoms with E-state index in [1.165, 1.54) is 18.9 Å². The number of carbonyl (C=O) groups excluding carboxylic acids is 1.